The molecule has 1 aliphatic rings. The van der Waals surface area contributed by atoms with E-state index in [9.17, 15) is 14.4 Å². The predicted octanol–water partition coefficient (Wildman–Crippen LogP) is 3.74. The van der Waals surface area contributed by atoms with Crippen molar-refractivity contribution in [2.24, 2.45) is 5.92 Å². The zero-order chi connectivity index (χ0) is 23.2. The van der Waals surface area contributed by atoms with Crippen molar-refractivity contribution in [2.45, 2.75) is 39.2 Å². The third kappa shape index (κ3) is 5.83. The number of piperidine rings is 1. The Morgan fingerprint density at radius 2 is 1.91 bits per heavy atom. The number of aryl methyl sites for hydroxylation is 2. The molecule has 2 N–H and O–H groups in total. The van der Waals surface area contributed by atoms with E-state index in [2.05, 4.69) is 10.6 Å². The molecule has 1 unspecified atom stereocenters. The number of fused-ring (bicyclic) bond motifs is 1. The Balaban J connectivity index is 1.22. The fraction of sp³-hybridized carbons (Fsp3) is 0.400. The van der Waals surface area contributed by atoms with Crippen LogP contribution in [-0.2, 0) is 11.3 Å². The molecule has 0 spiro atoms. The van der Waals surface area contributed by atoms with Gasteiger partial charge in [-0.25, -0.2) is 9.59 Å². The second-order valence-electron chi connectivity index (χ2n) is 8.64. The van der Waals surface area contributed by atoms with Gasteiger partial charge in [-0.15, -0.1) is 0 Å². The SMILES string of the molecule is Cc1ccc(NC(=O)NCC2CCCN(C(=O)CCCn3c(=O)oc4ccccc43)C2)cc1. The van der Waals surface area contributed by atoms with Crippen LogP contribution in [0.2, 0.25) is 0 Å². The Labute approximate surface area is 192 Å². The Bertz CT molecular complexity index is 1170. The number of hydrogen-bond donors (Lipinski definition) is 2. The number of oxazole rings is 1. The number of hydrogen-bond acceptors (Lipinski definition) is 4. The molecule has 0 radical (unpaired) electrons. The van der Waals surface area contributed by atoms with Crippen LogP contribution < -0.4 is 16.4 Å². The zero-order valence-corrected chi connectivity index (χ0v) is 18.9. The first-order valence-corrected chi connectivity index (χ1v) is 11.5. The van der Waals surface area contributed by atoms with E-state index >= 15 is 0 Å². The molecule has 8 nitrogen and oxygen atoms in total. The van der Waals surface area contributed by atoms with E-state index in [1.807, 2.05) is 54.3 Å². The average molecular weight is 451 g/mol. The third-order valence-electron chi connectivity index (χ3n) is 6.08. The maximum Gasteiger partial charge on any atom is 0.419 e. The van der Waals surface area contributed by atoms with Crippen LogP contribution in [-0.4, -0.2) is 41.0 Å². The molecule has 4 rings (SSSR count). The fourth-order valence-corrected chi connectivity index (χ4v) is 4.28. The van der Waals surface area contributed by atoms with Gasteiger partial charge in [-0.05, 0) is 56.4 Å². The Kier molecular flexibility index (Phi) is 7.12. The Morgan fingerprint density at radius 1 is 1.12 bits per heavy atom. The molecule has 1 saturated heterocycles. The molecule has 1 aliphatic heterocycles. The first-order valence-electron chi connectivity index (χ1n) is 11.5. The van der Waals surface area contributed by atoms with Gasteiger partial charge in [0.25, 0.3) is 0 Å². The summed E-state index contributed by atoms with van der Waals surface area (Å²) in [7, 11) is 0. The van der Waals surface area contributed by atoms with Gasteiger partial charge in [0.1, 0.15) is 0 Å². The number of anilines is 1. The summed E-state index contributed by atoms with van der Waals surface area (Å²) in [5.74, 6) is -0.0757. The van der Waals surface area contributed by atoms with Gasteiger partial charge in [-0.2, -0.15) is 0 Å². The van der Waals surface area contributed by atoms with E-state index in [-0.39, 0.29) is 17.9 Å². The number of carbonyl (C=O) groups excluding carboxylic acids is 2. The fourth-order valence-electron chi connectivity index (χ4n) is 4.28. The molecule has 2 aromatic carbocycles. The number of benzene rings is 2. The highest BCUT2D eigenvalue weighted by molar-refractivity contribution is 5.89. The molecule has 1 aromatic heterocycles. The van der Waals surface area contributed by atoms with Crippen LogP contribution >= 0.6 is 0 Å². The zero-order valence-electron chi connectivity index (χ0n) is 18.9. The summed E-state index contributed by atoms with van der Waals surface area (Å²) in [6, 6.07) is 14.7. The number of amides is 3. The molecule has 3 amide bonds. The van der Waals surface area contributed by atoms with Gasteiger partial charge in [-0.3, -0.25) is 9.36 Å². The summed E-state index contributed by atoms with van der Waals surface area (Å²) in [4.78, 5) is 38.9. The Hall–Kier alpha value is -3.55. The van der Waals surface area contributed by atoms with Crippen LogP contribution in [0.5, 0.6) is 0 Å². The van der Waals surface area contributed by atoms with Gasteiger partial charge in [-0.1, -0.05) is 29.8 Å². The van der Waals surface area contributed by atoms with E-state index in [0.717, 1.165) is 36.2 Å². The lowest BCUT2D eigenvalue weighted by Crippen LogP contribution is -2.44. The molecule has 3 aromatic rings. The van der Waals surface area contributed by atoms with Gasteiger partial charge in [0.15, 0.2) is 5.58 Å². The number of rotatable bonds is 7. The van der Waals surface area contributed by atoms with Crippen molar-refractivity contribution < 1.29 is 14.0 Å². The van der Waals surface area contributed by atoms with Gasteiger partial charge in [0, 0.05) is 38.3 Å². The summed E-state index contributed by atoms with van der Waals surface area (Å²) < 4.78 is 6.83. The molecule has 1 fully saturated rings. The highest BCUT2D eigenvalue weighted by Gasteiger charge is 2.24. The molecular formula is C25H30N4O4. The van der Waals surface area contributed by atoms with E-state index < -0.39 is 5.76 Å². The van der Waals surface area contributed by atoms with E-state index in [1.165, 1.54) is 0 Å². The monoisotopic (exact) mass is 450 g/mol. The molecule has 0 saturated carbocycles. The maximum atomic E-state index is 12.7. The van der Waals surface area contributed by atoms with Crippen molar-refractivity contribution in [1.29, 1.82) is 0 Å². The minimum Gasteiger partial charge on any atom is -0.408 e. The summed E-state index contributed by atoms with van der Waals surface area (Å²) in [6.45, 7) is 4.34. The average Bonchev–Trinajstić information content (AvgIpc) is 3.14. The van der Waals surface area contributed by atoms with Crippen LogP contribution in [0.15, 0.2) is 57.7 Å². The minimum atomic E-state index is -0.392. The molecule has 33 heavy (non-hydrogen) atoms. The molecule has 0 bridgehead atoms. The highest BCUT2D eigenvalue weighted by Crippen LogP contribution is 2.18. The van der Waals surface area contributed by atoms with Crippen molar-refractivity contribution in [3.8, 4) is 0 Å². The van der Waals surface area contributed by atoms with Crippen molar-refractivity contribution in [2.75, 3.05) is 25.0 Å². The van der Waals surface area contributed by atoms with E-state index in [4.69, 9.17) is 4.42 Å². The van der Waals surface area contributed by atoms with Gasteiger partial charge in [0.05, 0.1) is 5.52 Å². The van der Waals surface area contributed by atoms with Crippen LogP contribution in [0.1, 0.15) is 31.2 Å². The number of urea groups is 1. The van der Waals surface area contributed by atoms with Gasteiger partial charge < -0.3 is 20.0 Å². The summed E-state index contributed by atoms with van der Waals surface area (Å²) in [5, 5.41) is 5.76. The topological polar surface area (TPSA) is 96.6 Å². The molecular weight excluding hydrogens is 420 g/mol. The van der Waals surface area contributed by atoms with Gasteiger partial charge in [0.2, 0.25) is 5.91 Å². The summed E-state index contributed by atoms with van der Waals surface area (Å²) in [6.07, 6.45) is 2.84. The first kappa shape index (κ1) is 22.6. The lowest BCUT2D eigenvalue weighted by atomic mass is 9.97. The molecule has 2 heterocycles. The second-order valence-corrected chi connectivity index (χ2v) is 8.64. The number of likely N-dealkylation sites (tertiary alicyclic amines) is 1. The predicted molar refractivity (Wildman–Crippen MR) is 127 cm³/mol. The van der Waals surface area contributed by atoms with Crippen molar-refractivity contribution >= 4 is 28.7 Å². The number of para-hydroxylation sites is 2. The highest BCUT2D eigenvalue weighted by atomic mass is 16.4. The third-order valence-corrected chi connectivity index (χ3v) is 6.08. The number of nitrogens with zero attached hydrogens (tertiary/aromatic N) is 2. The van der Waals surface area contributed by atoms with Crippen LogP contribution in [0.4, 0.5) is 10.5 Å². The van der Waals surface area contributed by atoms with Crippen LogP contribution in [0.3, 0.4) is 0 Å². The van der Waals surface area contributed by atoms with Crippen molar-refractivity contribution in [1.82, 2.24) is 14.8 Å². The Morgan fingerprint density at radius 3 is 2.73 bits per heavy atom. The quantitative estimate of drug-likeness (QED) is 0.573. The molecule has 1 atom stereocenters. The van der Waals surface area contributed by atoms with Crippen molar-refractivity contribution in [3.63, 3.8) is 0 Å². The molecule has 8 heteroatoms. The lowest BCUT2D eigenvalue weighted by molar-refractivity contribution is -0.133. The van der Waals surface area contributed by atoms with Crippen LogP contribution in [0, 0.1) is 12.8 Å². The lowest BCUT2D eigenvalue weighted by Gasteiger charge is -2.33. The van der Waals surface area contributed by atoms with E-state index in [1.54, 1.807) is 10.6 Å². The van der Waals surface area contributed by atoms with E-state index in [0.29, 0.717) is 38.1 Å². The number of nitrogens with one attached hydrogen (secondary N) is 2. The normalized spacial score (nSPS) is 16.0. The summed E-state index contributed by atoms with van der Waals surface area (Å²) >= 11 is 0. The first-order chi connectivity index (χ1) is 16.0. The maximum absolute atomic E-state index is 12.7. The van der Waals surface area contributed by atoms with Crippen LogP contribution in [0.25, 0.3) is 11.1 Å². The largest absolute Gasteiger partial charge is 0.419 e. The number of carbonyl (C=O) groups is 2. The van der Waals surface area contributed by atoms with Crippen molar-refractivity contribution in [3.05, 3.63) is 64.6 Å². The smallest absolute Gasteiger partial charge is 0.408 e. The minimum absolute atomic E-state index is 0.0876. The van der Waals surface area contributed by atoms with Gasteiger partial charge >= 0.3 is 11.8 Å². The number of aromatic nitrogens is 1. The molecule has 174 valence electrons. The molecule has 0 aliphatic carbocycles. The summed E-state index contributed by atoms with van der Waals surface area (Å²) in [5.41, 5.74) is 3.20. The second kappa shape index (κ2) is 10.4. The standard InChI is InChI=1S/C25H30N4O4/c1-18-10-12-20(13-11-18)27-24(31)26-16-19-6-4-14-28(17-19)23(30)9-5-15-29-21-7-2-3-8-22(21)33-25(29)32/h2-3,7-8,10-13,19H,4-6,9,14-17H2,1H3,(H2,26,27,31).